The molecule has 0 saturated heterocycles. The van der Waals surface area contributed by atoms with E-state index >= 15 is 0 Å². The molecule has 0 aliphatic carbocycles. The molecule has 9 rings (SSSR count). The van der Waals surface area contributed by atoms with E-state index in [9.17, 15) is 0 Å². The number of aromatic amines is 2. The van der Waals surface area contributed by atoms with E-state index in [0.717, 1.165) is 78.2 Å². The zero-order valence-corrected chi connectivity index (χ0v) is 27.4. The van der Waals surface area contributed by atoms with Crippen LogP contribution in [0.5, 0.6) is 0 Å². The Balaban J connectivity index is 0.000000491. The maximum absolute atomic E-state index is 5.27. The molecule has 0 radical (unpaired) electrons. The Morgan fingerprint density at radius 2 is 0.837 bits per heavy atom. The minimum atomic E-state index is 0. The van der Waals surface area contributed by atoms with Crippen molar-refractivity contribution < 1.29 is 16.5 Å². The molecule has 4 nitrogen and oxygen atoms in total. The van der Waals surface area contributed by atoms with Gasteiger partial charge in [-0.05, 0) is 71.3 Å². The van der Waals surface area contributed by atoms with Gasteiger partial charge in [0.25, 0.3) is 0 Å². The average Bonchev–Trinajstić information content (AvgIpc) is 3.98. The second kappa shape index (κ2) is 14.4. The van der Waals surface area contributed by atoms with E-state index in [1.165, 1.54) is 0 Å². The molecule has 5 heteroatoms. The number of aromatic nitrogens is 4. The molecule has 8 bridgehead atoms. The van der Waals surface area contributed by atoms with Crippen LogP contribution in [-0.4, -0.2) is 19.9 Å². The molecule has 49 heavy (non-hydrogen) atoms. The number of nitrogens with zero attached hydrogens (tertiary/aromatic N) is 2. The normalized spacial score (nSPS) is 11.3. The van der Waals surface area contributed by atoms with Crippen molar-refractivity contribution in [3.05, 3.63) is 181 Å². The van der Waals surface area contributed by atoms with E-state index in [-0.39, 0.29) is 16.5 Å². The first kappa shape index (κ1) is 31.6. The summed E-state index contributed by atoms with van der Waals surface area (Å²) in [5.74, 6) is 0. The van der Waals surface area contributed by atoms with Gasteiger partial charge in [0.1, 0.15) is 0 Å². The van der Waals surface area contributed by atoms with Gasteiger partial charge in [-0.2, -0.15) is 36.4 Å². The van der Waals surface area contributed by atoms with Gasteiger partial charge in [0.05, 0.1) is 22.8 Å². The fraction of sp³-hybridized carbons (Fsp3) is 0. The molecule has 2 aliphatic rings. The van der Waals surface area contributed by atoms with Crippen molar-refractivity contribution in [2.75, 3.05) is 0 Å². The summed E-state index contributed by atoms with van der Waals surface area (Å²) in [5, 5.41) is 0. The Hall–Kier alpha value is -6.03. The average molecular weight is 674 g/mol. The Kier molecular flexibility index (Phi) is 9.27. The summed E-state index contributed by atoms with van der Waals surface area (Å²) in [5.41, 5.74) is 14.2. The van der Waals surface area contributed by atoms with Crippen LogP contribution < -0.4 is 0 Å². The number of nitrogens with one attached hydrogen (secondary N) is 2. The van der Waals surface area contributed by atoms with Crippen LogP contribution in [0.3, 0.4) is 0 Å². The third-order valence-electron chi connectivity index (χ3n) is 8.37. The van der Waals surface area contributed by atoms with Gasteiger partial charge in [0.15, 0.2) is 0 Å². The Bertz CT molecular complexity index is 2360. The van der Waals surface area contributed by atoms with Gasteiger partial charge in [0.2, 0.25) is 0 Å². The van der Waals surface area contributed by atoms with Crippen molar-refractivity contribution in [3.63, 3.8) is 0 Å². The van der Waals surface area contributed by atoms with Gasteiger partial charge in [0, 0.05) is 55.2 Å². The molecular formula is C44H31N4Ni-. The summed E-state index contributed by atoms with van der Waals surface area (Å²) in [6.07, 6.45) is 8.43. The molecule has 4 aromatic carbocycles. The number of benzene rings is 4. The second-order valence-electron chi connectivity index (χ2n) is 11.5. The van der Waals surface area contributed by atoms with Crippen molar-refractivity contribution >= 4 is 46.4 Å². The fourth-order valence-corrected chi connectivity index (χ4v) is 6.21. The molecule has 2 N–H and O–H groups in total. The summed E-state index contributed by atoms with van der Waals surface area (Å²) in [7, 11) is 0. The minimum absolute atomic E-state index is 0. The van der Waals surface area contributed by atoms with Crippen LogP contribution in [0.2, 0.25) is 0 Å². The Morgan fingerprint density at radius 1 is 0.408 bits per heavy atom. The van der Waals surface area contributed by atoms with Crippen LogP contribution in [0.1, 0.15) is 22.8 Å². The third kappa shape index (κ3) is 6.71. The van der Waals surface area contributed by atoms with Crippen LogP contribution in [0.4, 0.5) is 0 Å². The standard InChI is InChI=1S/C38H26N4.C6H5.Ni/c1-4-10-25(11-5-1)36-30-18-16-28(39-30)24-29-17-19-31(40-29)37(26-12-6-2-7-13-26)33-21-23-35(42-33)38(27-14-8-3-9-15-27)34-22-20-32(36)41-34;1-2-4-6-5-3-1;/h1-24,39,42H;1-5H;/q;-1;. The van der Waals surface area contributed by atoms with Gasteiger partial charge >= 0.3 is 0 Å². The SMILES string of the molecule is C1=Cc2nc1cc1ccc([nH]1)c(-c1ccccc1)c1nc(c(-c3ccccc3)c3ccc([nH]3)c2-c2ccccc2)C=C1.[Ni].[c-]1ccccc1. The Morgan fingerprint density at radius 3 is 1.31 bits per heavy atom. The molecule has 0 amide bonds. The number of rotatable bonds is 3. The van der Waals surface area contributed by atoms with E-state index in [1.54, 1.807) is 0 Å². The number of hydrogen-bond donors (Lipinski definition) is 2. The monoisotopic (exact) mass is 673 g/mol. The first-order chi connectivity index (χ1) is 23.8. The molecular weight excluding hydrogens is 643 g/mol. The van der Waals surface area contributed by atoms with E-state index in [1.807, 2.05) is 48.5 Å². The number of fused-ring (bicyclic) bond motifs is 8. The van der Waals surface area contributed by atoms with Crippen LogP contribution in [0.15, 0.2) is 152 Å². The van der Waals surface area contributed by atoms with Gasteiger partial charge in [-0.1, -0.05) is 91.0 Å². The van der Waals surface area contributed by atoms with E-state index < -0.39 is 0 Å². The molecule has 0 spiro atoms. The predicted octanol–water partition coefficient (Wildman–Crippen LogP) is 11.1. The van der Waals surface area contributed by atoms with E-state index in [0.29, 0.717) is 0 Å². The zero-order chi connectivity index (χ0) is 32.1. The maximum Gasteiger partial charge on any atom is 0.0737 e. The zero-order valence-electron chi connectivity index (χ0n) is 26.5. The van der Waals surface area contributed by atoms with Crippen LogP contribution in [0.25, 0.3) is 79.8 Å². The first-order valence-electron chi connectivity index (χ1n) is 16.0. The number of H-pyrrole nitrogens is 2. The maximum atomic E-state index is 5.27. The Labute approximate surface area is 295 Å². The molecule has 3 aromatic heterocycles. The first-order valence-corrected chi connectivity index (χ1v) is 16.0. The fourth-order valence-electron chi connectivity index (χ4n) is 6.21. The van der Waals surface area contributed by atoms with E-state index in [2.05, 4.69) is 143 Å². The molecule has 2 aliphatic heterocycles. The largest absolute Gasteiger partial charge is 0.355 e. The molecule has 0 saturated carbocycles. The van der Waals surface area contributed by atoms with Crippen molar-refractivity contribution in [1.29, 1.82) is 0 Å². The summed E-state index contributed by atoms with van der Waals surface area (Å²) in [4.78, 5) is 17.7. The smallest absolute Gasteiger partial charge is 0.0737 e. The van der Waals surface area contributed by atoms with Crippen molar-refractivity contribution in [1.82, 2.24) is 19.9 Å². The molecule has 238 valence electrons. The van der Waals surface area contributed by atoms with E-state index in [4.69, 9.17) is 9.97 Å². The van der Waals surface area contributed by atoms with Gasteiger partial charge in [-0.25, -0.2) is 9.97 Å². The van der Waals surface area contributed by atoms with Gasteiger partial charge in [-0.15, -0.1) is 0 Å². The summed E-state index contributed by atoms with van der Waals surface area (Å²) < 4.78 is 0. The topological polar surface area (TPSA) is 57.4 Å². The van der Waals surface area contributed by atoms with Crippen LogP contribution in [0, 0.1) is 6.07 Å². The molecule has 0 fully saturated rings. The summed E-state index contributed by atoms with van der Waals surface area (Å²) in [6, 6.07) is 54.5. The molecule has 7 aromatic rings. The number of hydrogen-bond acceptors (Lipinski definition) is 2. The third-order valence-corrected chi connectivity index (χ3v) is 8.37. The summed E-state index contributed by atoms with van der Waals surface area (Å²) in [6.45, 7) is 0. The van der Waals surface area contributed by atoms with Gasteiger partial charge in [-0.3, -0.25) is 0 Å². The minimum Gasteiger partial charge on any atom is -0.355 e. The van der Waals surface area contributed by atoms with Crippen LogP contribution >= 0.6 is 0 Å². The van der Waals surface area contributed by atoms with Crippen LogP contribution in [-0.2, 0) is 16.5 Å². The quantitative estimate of drug-likeness (QED) is 0.145. The van der Waals surface area contributed by atoms with Crippen molar-refractivity contribution in [2.45, 2.75) is 0 Å². The summed E-state index contributed by atoms with van der Waals surface area (Å²) >= 11 is 0. The van der Waals surface area contributed by atoms with Crippen molar-refractivity contribution in [2.24, 2.45) is 0 Å². The predicted molar refractivity (Wildman–Crippen MR) is 200 cm³/mol. The second-order valence-corrected chi connectivity index (χ2v) is 11.5. The molecule has 5 heterocycles. The van der Waals surface area contributed by atoms with Crippen molar-refractivity contribution in [3.8, 4) is 33.4 Å². The molecule has 0 unspecified atom stereocenters. The molecule has 0 atom stereocenters. The van der Waals surface area contributed by atoms with Gasteiger partial charge < -0.3 is 9.97 Å².